The van der Waals surface area contributed by atoms with E-state index in [9.17, 15) is 0 Å². The van der Waals surface area contributed by atoms with Gasteiger partial charge in [-0.1, -0.05) is 40.5 Å². The Bertz CT molecular complexity index is 282. The fourth-order valence-corrected chi connectivity index (χ4v) is 5.31. The first-order valence-electron chi connectivity index (χ1n) is 8.24. The van der Waals surface area contributed by atoms with Crippen molar-refractivity contribution in [1.29, 1.82) is 0 Å². The molecule has 0 aromatic carbocycles. The first-order valence-corrected chi connectivity index (χ1v) is 8.24. The Balaban J connectivity index is 2.24. The maximum absolute atomic E-state index is 6.32. The van der Waals surface area contributed by atoms with E-state index in [4.69, 9.17) is 5.73 Å². The molecule has 2 rings (SSSR count). The Kier molecular flexibility index (Phi) is 4.32. The van der Waals surface area contributed by atoms with Crippen LogP contribution in [0.3, 0.4) is 0 Å². The van der Waals surface area contributed by atoms with E-state index < -0.39 is 0 Å². The summed E-state index contributed by atoms with van der Waals surface area (Å²) in [7, 11) is 0. The Morgan fingerprint density at radius 2 is 1.26 bits per heavy atom. The third-order valence-electron chi connectivity index (χ3n) is 5.23. The highest BCUT2D eigenvalue weighted by atomic mass is 15.2. The summed E-state index contributed by atoms with van der Waals surface area (Å²) in [6.07, 6.45) is 9.43. The summed E-state index contributed by atoms with van der Waals surface area (Å²) in [5.41, 5.74) is 7.43. The molecule has 0 radical (unpaired) electrons. The SMILES string of the molecule is CC1(C)CC(C)(C)CC(CN)(N2CCCCCC2)C1. The summed E-state index contributed by atoms with van der Waals surface area (Å²) in [4.78, 5) is 2.77. The van der Waals surface area contributed by atoms with E-state index in [1.165, 1.54) is 58.0 Å². The quantitative estimate of drug-likeness (QED) is 0.824. The Labute approximate surface area is 120 Å². The van der Waals surface area contributed by atoms with Crippen LogP contribution in [0, 0.1) is 10.8 Å². The number of rotatable bonds is 2. The predicted molar refractivity (Wildman–Crippen MR) is 83.2 cm³/mol. The van der Waals surface area contributed by atoms with Gasteiger partial charge in [-0.25, -0.2) is 0 Å². The fraction of sp³-hybridized carbons (Fsp3) is 1.00. The number of likely N-dealkylation sites (tertiary alicyclic amines) is 1. The van der Waals surface area contributed by atoms with Gasteiger partial charge in [0.05, 0.1) is 0 Å². The monoisotopic (exact) mass is 266 g/mol. The highest BCUT2D eigenvalue weighted by Crippen LogP contribution is 2.52. The molecule has 2 nitrogen and oxygen atoms in total. The van der Waals surface area contributed by atoms with Gasteiger partial charge in [-0.3, -0.25) is 4.90 Å². The molecule has 1 aliphatic carbocycles. The molecule has 0 aromatic heterocycles. The van der Waals surface area contributed by atoms with Crippen molar-refractivity contribution < 1.29 is 0 Å². The maximum Gasteiger partial charge on any atom is 0.0341 e. The third-order valence-corrected chi connectivity index (χ3v) is 5.23. The molecule has 19 heavy (non-hydrogen) atoms. The van der Waals surface area contributed by atoms with E-state index in [0.29, 0.717) is 10.8 Å². The van der Waals surface area contributed by atoms with Crippen LogP contribution in [-0.4, -0.2) is 30.1 Å². The molecule has 0 amide bonds. The van der Waals surface area contributed by atoms with Crippen LogP contribution in [0.2, 0.25) is 0 Å². The molecule has 0 atom stereocenters. The minimum absolute atomic E-state index is 0.260. The van der Waals surface area contributed by atoms with Crippen molar-refractivity contribution in [2.24, 2.45) is 16.6 Å². The van der Waals surface area contributed by atoms with Gasteiger partial charge in [0, 0.05) is 12.1 Å². The van der Waals surface area contributed by atoms with Gasteiger partial charge < -0.3 is 5.73 Å². The zero-order valence-corrected chi connectivity index (χ0v) is 13.6. The van der Waals surface area contributed by atoms with Crippen molar-refractivity contribution in [3.63, 3.8) is 0 Å². The molecule has 1 heterocycles. The number of nitrogens with two attached hydrogens (primary N) is 1. The summed E-state index contributed by atoms with van der Waals surface area (Å²) in [6.45, 7) is 13.1. The molecule has 0 spiro atoms. The molecular formula is C17H34N2. The van der Waals surface area contributed by atoms with E-state index in [1.54, 1.807) is 0 Å². The molecule has 112 valence electrons. The topological polar surface area (TPSA) is 29.3 Å². The second kappa shape index (κ2) is 5.37. The number of hydrogen-bond acceptors (Lipinski definition) is 2. The number of hydrogen-bond donors (Lipinski definition) is 1. The van der Waals surface area contributed by atoms with Crippen molar-refractivity contribution in [3.05, 3.63) is 0 Å². The van der Waals surface area contributed by atoms with Crippen LogP contribution in [0.15, 0.2) is 0 Å². The molecular weight excluding hydrogens is 232 g/mol. The van der Waals surface area contributed by atoms with Crippen LogP contribution in [0.1, 0.15) is 72.6 Å². The predicted octanol–water partition coefficient (Wildman–Crippen LogP) is 3.80. The molecule has 0 unspecified atom stereocenters. The van der Waals surface area contributed by atoms with Crippen molar-refractivity contribution >= 4 is 0 Å². The van der Waals surface area contributed by atoms with Gasteiger partial charge in [0.25, 0.3) is 0 Å². The molecule has 1 saturated heterocycles. The molecule has 2 fully saturated rings. The first-order chi connectivity index (χ1) is 8.79. The Morgan fingerprint density at radius 3 is 1.68 bits per heavy atom. The molecule has 2 heteroatoms. The summed E-state index contributed by atoms with van der Waals surface area (Å²) in [5.74, 6) is 0. The van der Waals surface area contributed by atoms with Crippen LogP contribution in [0.4, 0.5) is 0 Å². The van der Waals surface area contributed by atoms with Gasteiger partial charge in [0.15, 0.2) is 0 Å². The molecule has 1 saturated carbocycles. The average Bonchev–Trinajstić information content (AvgIpc) is 2.53. The van der Waals surface area contributed by atoms with Gasteiger partial charge >= 0.3 is 0 Å². The van der Waals surface area contributed by atoms with Crippen molar-refractivity contribution in [2.45, 2.75) is 78.2 Å². The second-order valence-corrected chi connectivity index (χ2v) is 8.69. The zero-order chi connectivity index (χ0) is 14.1. The summed E-state index contributed by atoms with van der Waals surface area (Å²) >= 11 is 0. The van der Waals surface area contributed by atoms with Crippen LogP contribution < -0.4 is 5.73 Å². The largest absolute Gasteiger partial charge is 0.329 e. The van der Waals surface area contributed by atoms with E-state index in [1.807, 2.05) is 0 Å². The van der Waals surface area contributed by atoms with Crippen LogP contribution >= 0.6 is 0 Å². The van der Waals surface area contributed by atoms with E-state index in [-0.39, 0.29) is 5.54 Å². The number of nitrogens with zero attached hydrogens (tertiary/aromatic N) is 1. The normalized spacial score (nSPS) is 30.8. The van der Waals surface area contributed by atoms with Gasteiger partial charge in [0.1, 0.15) is 0 Å². The molecule has 2 N–H and O–H groups in total. The van der Waals surface area contributed by atoms with Gasteiger partial charge in [-0.15, -0.1) is 0 Å². The summed E-state index contributed by atoms with van der Waals surface area (Å²) < 4.78 is 0. The smallest absolute Gasteiger partial charge is 0.0341 e. The van der Waals surface area contributed by atoms with Crippen LogP contribution in [-0.2, 0) is 0 Å². The molecule has 1 aliphatic heterocycles. The summed E-state index contributed by atoms with van der Waals surface area (Å²) in [6, 6.07) is 0. The van der Waals surface area contributed by atoms with Crippen LogP contribution in [0.25, 0.3) is 0 Å². The van der Waals surface area contributed by atoms with E-state index in [2.05, 4.69) is 32.6 Å². The lowest BCUT2D eigenvalue weighted by Gasteiger charge is -2.56. The second-order valence-electron chi connectivity index (χ2n) is 8.69. The Hall–Kier alpha value is -0.0800. The minimum atomic E-state index is 0.260. The molecule has 2 aliphatic rings. The average molecular weight is 266 g/mol. The third kappa shape index (κ3) is 3.52. The lowest BCUT2D eigenvalue weighted by molar-refractivity contribution is -0.0423. The summed E-state index contributed by atoms with van der Waals surface area (Å²) in [5, 5.41) is 0. The lowest BCUT2D eigenvalue weighted by atomic mass is 9.58. The molecule has 0 bridgehead atoms. The van der Waals surface area contributed by atoms with Crippen molar-refractivity contribution in [3.8, 4) is 0 Å². The minimum Gasteiger partial charge on any atom is -0.329 e. The lowest BCUT2D eigenvalue weighted by Crippen LogP contribution is -2.61. The standard InChI is InChI=1S/C17H34N2/c1-15(2)11-16(3,4)13-17(12-15,14-18)19-9-7-5-6-8-10-19/h5-14,18H2,1-4H3. The highest BCUT2D eigenvalue weighted by Gasteiger charge is 2.49. The highest BCUT2D eigenvalue weighted by molar-refractivity contribution is 5.04. The maximum atomic E-state index is 6.32. The van der Waals surface area contributed by atoms with Gasteiger partial charge in [-0.2, -0.15) is 0 Å². The fourth-order valence-electron chi connectivity index (χ4n) is 5.31. The van der Waals surface area contributed by atoms with Crippen molar-refractivity contribution in [2.75, 3.05) is 19.6 Å². The van der Waals surface area contributed by atoms with Crippen LogP contribution in [0.5, 0.6) is 0 Å². The van der Waals surface area contributed by atoms with E-state index >= 15 is 0 Å². The first kappa shape index (κ1) is 15.3. The van der Waals surface area contributed by atoms with Gasteiger partial charge in [-0.05, 0) is 56.0 Å². The van der Waals surface area contributed by atoms with Crippen molar-refractivity contribution in [1.82, 2.24) is 4.90 Å². The Morgan fingerprint density at radius 1 is 0.789 bits per heavy atom. The zero-order valence-electron chi connectivity index (χ0n) is 13.6. The molecule has 0 aromatic rings. The van der Waals surface area contributed by atoms with E-state index in [0.717, 1.165) is 6.54 Å². The van der Waals surface area contributed by atoms with Gasteiger partial charge in [0.2, 0.25) is 0 Å².